The van der Waals surface area contributed by atoms with Gasteiger partial charge in [0.1, 0.15) is 6.10 Å². The third-order valence-electron chi connectivity index (χ3n) is 8.77. The second-order valence-corrected chi connectivity index (χ2v) is 16.0. The quantitative estimate of drug-likeness (QED) is 0.0269. The first-order chi connectivity index (χ1) is 30.4. The molecule has 0 aromatic rings. The number of carbonyl (C=O) groups excluding carboxylic acids is 1. The van der Waals surface area contributed by atoms with Crippen LogP contribution in [0.2, 0.25) is 0 Å². The molecule has 0 aliphatic heterocycles. The maximum atomic E-state index is 12.6. The number of carbonyl (C=O) groups is 1. The Balaban J connectivity index is 4.20. The van der Waals surface area contributed by atoms with Gasteiger partial charge in [-0.1, -0.05) is 179 Å². The van der Waals surface area contributed by atoms with Crippen molar-refractivity contribution < 1.29 is 32.8 Å². The first-order valence-electron chi connectivity index (χ1n) is 23.3. The molecule has 0 bridgehead atoms. The molecule has 0 heterocycles. The van der Waals surface area contributed by atoms with E-state index in [0.29, 0.717) is 13.0 Å². The fourth-order valence-corrected chi connectivity index (χ4v) is 6.20. The molecule has 0 rings (SSSR count). The lowest BCUT2D eigenvalue weighted by atomic mass is 10.1. The molecule has 0 spiro atoms. The maximum absolute atomic E-state index is 12.6. The van der Waals surface area contributed by atoms with Gasteiger partial charge in [-0.05, 0) is 103 Å². The van der Waals surface area contributed by atoms with Crippen LogP contribution in [0.3, 0.4) is 0 Å². The molecule has 0 aliphatic carbocycles. The molecule has 0 saturated heterocycles. The molecule has 0 saturated carbocycles. The molecule has 0 aromatic heterocycles. The molecule has 0 aromatic carbocycles. The molecule has 348 valence electrons. The van der Waals surface area contributed by atoms with Crippen molar-refractivity contribution in [3.8, 4) is 0 Å². The minimum Gasteiger partial charge on any atom is -0.457 e. The van der Waals surface area contributed by atoms with E-state index in [4.69, 9.17) is 24.3 Å². The van der Waals surface area contributed by atoms with Crippen LogP contribution in [0.15, 0.2) is 146 Å². The average molecular weight is 878 g/mol. The number of unbranched alkanes of at least 4 members (excludes halogenated alkanes) is 5. The van der Waals surface area contributed by atoms with Gasteiger partial charge in [-0.2, -0.15) is 0 Å². The summed E-state index contributed by atoms with van der Waals surface area (Å²) in [5, 5.41) is 0. The predicted molar refractivity (Wildman–Crippen MR) is 265 cm³/mol. The Labute approximate surface area is 378 Å². The van der Waals surface area contributed by atoms with Gasteiger partial charge in [0.05, 0.1) is 19.8 Å². The van der Waals surface area contributed by atoms with E-state index in [-0.39, 0.29) is 32.8 Å². The van der Waals surface area contributed by atoms with Crippen LogP contribution in [0.4, 0.5) is 0 Å². The molecular formula is C53H84NO7P. The van der Waals surface area contributed by atoms with Crippen LogP contribution in [0.1, 0.15) is 142 Å². The summed E-state index contributed by atoms with van der Waals surface area (Å²) in [4.78, 5) is 22.5. The third kappa shape index (κ3) is 47.4. The van der Waals surface area contributed by atoms with Gasteiger partial charge in [-0.25, -0.2) is 4.57 Å². The third-order valence-corrected chi connectivity index (χ3v) is 9.75. The Kier molecular flexibility index (Phi) is 45.6. The molecule has 0 aliphatic rings. The summed E-state index contributed by atoms with van der Waals surface area (Å²) < 4.78 is 33.4. The molecule has 8 nitrogen and oxygen atoms in total. The van der Waals surface area contributed by atoms with E-state index in [1.807, 2.05) is 12.2 Å². The lowest BCUT2D eigenvalue weighted by Gasteiger charge is -2.19. The van der Waals surface area contributed by atoms with Gasteiger partial charge >= 0.3 is 13.8 Å². The first-order valence-corrected chi connectivity index (χ1v) is 24.8. The summed E-state index contributed by atoms with van der Waals surface area (Å²) in [7, 11) is -4.32. The van der Waals surface area contributed by atoms with Crippen LogP contribution >= 0.6 is 7.82 Å². The van der Waals surface area contributed by atoms with E-state index < -0.39 is 19.9 Å². The number of hydrogen-bond acceptors (Lipinski definition) is 7. The minimum atomic E-state index is -4.32. The van der Waals surface area contributed by atoms with Crippen LogP contribution in [-0.4, -0.2) is 49.9 Å². The first kappa shape index (κ1) is 58.4. The number of phosphoric acid groups is 1. The monoisotopic (exact) mass is 878 g/mol. The number of ether oxygens (including phenoxy) is 2. The average Bonchev–Trinajstić information content (AvgIpc) is 3.26. The number of rotatable bonds is 42. The summed E-state index contributed by atoms with van der Waals surface area (Å²) >= 11 is 0. The maximum Gasteiger partial charge on any atom is 0.472 e. The highest BCUT2D eigenvalue weighted by Gasteiger charge is 2.25. The lowest BCUT2D eigenvalue weighted by Crippen LogP contribution is -2.28. The Morgan fingerprint density at radius 3 is 1.27 bits per heavy atom. The second-order valence-electron chi connectivity index (χ2n) is 14.5. The van der Waals surface area contributed by atoms with Crippen LogP contribution < -0.4 is 5.73 Å². The Morgan fingerprint density at radius 2 is 0.855 bits per heavy atom. The lowest BCUT2D eigenvalue weighted by molar-refractivity contribution is -0.154. The van der Waals surface area contributed by atoms with E-state index >= 15 is 0 Å². The van der Waals surface area contributed by atoms with Crippen molar-refractivity contribution in [2.24, 2.45) is 5.73 Å². The zero-order valence-electron chi connectivity index (χ0n) is 38.5. The van der Waals surface area contributed by atoms with E-state index in [1.165, 1.54) is 0 Å². The fourth-order valence-electron chi connectivity index (χ4n) is 5.44. The van der Waals surface area contributed by atoms with Crippen molar-refractivity contribution in [2.75, 3.05) is 33.0 Å². The van der Waals surface area contributed by atoms with E-state index in [1.54, 1.807) is 0 Å². The van der Waals surface area contributed by atoms with Gasteiger partial charge in [0.25, 0.3) is 0 Å². The van der Waals surface area contributed by atoms with Gasteiger partial charge in [-0.15, -0.1) is 0 Å². The number of hydrogen-bond donors (Lipinski definition) is 2. The SMILES string of the molecule is CC/C=C\C/C=C\C/C=C\C/C=C\C/C=C\C/C=C\CCCCCCCOCC(COP(=O)(O)OCCN)OC(=O)CC/C=C\C/C=C\C/C=C\C/C=C\C/C=C\C/C=C\CC. The molecule has 2 atom stereocenters. The van der Waals surface area contributed by atoms with E-state index in [0.717, 1.165) is 116 Å². The fraction of sp³-hybridized carbons (Fsp3) is 0.528. The molecule has 0 radical (unpaired) electrons. The van der Waals surface area contributed by atoms with Crippen molar-refractivity contribution in [3.05, 3.63) is 146 Å². The number of nitrogens with two attached hydrogens (primary N) is 1. The van der Waals surface area contributed by atoms with Crippen LogP contribution in [0.25, 0.3) is 0 Å². The smallest absolute Gasteiger partial charge is 0.457 e. The van der Waals surface area contributed by atoms with Crippen molar-refractivity contribution >= 4 is 13.8 Å². The Bertz CT molecular complexity index is 1450. The van der Waals surface area contributed by atoms with Gasteiger partial charge < -0.3 is 20.1 Å². The summed E-state index contributed by atoms with van der Waals surface area (Å²) in [6, 6.07) is 0. The highest BCUT2D eigenvalue weighted by Crippen LogP contribution is 2.43. The van der Waals surface area contributed by atoms with Crippen molar-refractivity contribution in [3.63, 3.8) is 0 Å². The normalized spacial score (nSPS) is 14.7. The van der Waals surface area contributed by atoms with E-state index in [2.05, 4.69) is 148 Å². The zero-order valence-corrected chi connectivity index (χ0v) is 39.4. The largest absolute Gasteiger partial charge is 0.472 e. The van der Waals surface area contributed by atoms with Gasteiger partial charge in [0.15, 0.2) is 0 Å². The van der Waals surface area contributed by atoms with Gasteiger partial charge in [-0.3, -0.25) is 13.8 Å². The molecule has 0 amide bonds. The number of phosphoric ester groups is 1. The number of allylic oxidation sites excluding steroid dienone is 24. The summed E-state index contributed by atoms with van der Waals surface area (Å²) in [5.74, 6) is -0.427. The summed E-state index contributed by atoms with van der Waals surface area (Å²) in [5.41, 5.74) is 5.37. The highest BCUT2D eigenvalue weighted by atomic mass is 31.2. The second kappa shape index (κ2) is 48.4. The standard InChI is InChI=1S/C53H84NO7P/c1-3-5-7-9-11-13-15-17-19-21-23-24-25-26-27-29-31-33-35-37-39-41-43-45-48-58-50-52(51-60-62(56,57)59-49-47-54)61-53(55)46-44-42-40-38-36-34-32-30-28-22-20-18-16-14-12-10-8-6-4-2/h5-8,11-14,17-20,23-24,26-28,30-31,33-34,36,40,42,52H,3-4,9-10,15-16,21-22,25,29,32,35,37-39,41,43-51,54H2,1-2H3,(H,56,57)/b7-5-,8-6-,13-11-,14-12-,19-17-,20-18-,24-23-,27-26-,30-28-,33-31-,36-34-,42-40-. The molecule has 9 heteroatoms. The molecule has 0 fully saturated rings. The molecule has 3 N–H and O–H groups in total. The summed E-state index contributed by atoms with van der Waals surface area (Å²) in [6.07, 6.45) is 70.3. The molecular weight excluding hydrogens is 794 g/mol. The van der Waals surface area contributed by atoms with Crippen LogP contribution in [0, 0.1) is 0 Å². The van der Waals surface area contributed by atoms with Gasteiger partial charge in [0.2, 0.25) is 0 Å². The zero-order chi connectivity index (χ0) is 45.1. The predicted octanol–water partition coefficient (Wildman–Crippen LogP) is 14.5. The van der Waals surface area contributed by atoms with Crippen molar-refractivity contribution in [2.45, 2.75) is 148 Å². The van der Waals surface area contributed by atoms with Crippen LogP contribution in [0.5, 0.6) is 0 Å². The van der Waals surface area contributed by atoms with E-state index in [9.17, 15) is 14.3 Å². The highest BCUT2D eigenvalue weighted by molar-refractivity contribution is 7.47. The summed E-state index contributed by atoms with van der Waals surface area (Å²) in [6.45, 7) is 4.49. The van der Waals surface area contributed by atoms with Crippen molar-refractivity contribution in [1.29, 1.82) is 0 Å². The Hall–Kier alpha value is -3.62. The molecule has 2 unspecified atom stereocenters. The number of esters is 1. The van der Waals surface area contributed by atoms with Crippen molar-refractivity contribution in [1.82, 2.24) is 0 Å². The van der Waals surface area contributed by atoms with Crippen LogP contribution in [-0.2, 0) is 27.9 Å². The minimum absolute atomic E-state index is 0.0607. The molecule has 62 heavy (non-hydrogen) atoms. The topological polar surface area (TPSA) is 117 Å². The Morgan fingerprint density at radius 1 is 0.484 bits per heavy atom. The van der Waals surface area contributed by atoms with Gasteiger partial charge in [0, 0.05) is 19.6 Å².